The minimum atomic E-state index is 0.587. The van der Waals surface area contributed by atoms with E-state index in [9.17, 15) is 0 Å². The van der Waals surface area contributed by atoms with Crippen LogP contribution in [0.4, 0.5) is 11.4 Å². The predicted octanol–water partition coefficient (Wildman–Crippen LogP) is 2.78. The lowest BCUT2D eigenvalue weighted by Crippen LogP contribution is -2.13. The van der Waals surface area contributed by atoms with Gasteiger partial charge in [0.25, 0.3) is 0 Å². The Bertz CT molecular complexity index is 600. The maximum Gasteiger partial charge on any atom is 0.239 e. The summed E-state index contributed by atoms with van der Waals surface area (Å²) in [5.41, 5.74) is 3.04. The van der Waals surface area contributed by atoms with Crippen LogP contribution in [-0.4, -0.2) is 33.3 Å². The van der Waals surface area contributed by atoms with Crippen LogP contribution in [0.25, 0.3) is 0 Å². The maximum absolute atomic E-state index is 5.34. The normalized spacial score (nSPS) is 10.1. The minimum Gasteiger partial charge on any atom is -0.497 e. The SMILES string of the molecule is COc1cccc(CNc2c(N(C)C)ccnc2OC)c1. The van der Waals surface area contributed by atoms with Crippen LogP contribution in [0.3, 0.4) is 0 Å². The molecule has 0 fully saturated rings. The van der Waals surface area contributed by atoms with E-state index >= 15 is 0 Å². The maximum atomic E-state index is 5.34. The average molecular weight is 287 g/mol. The molecule has 0 unspecified atom stereocenters. The van der Waals surface area contributed by atoms with Crippen molar-refractivity contribution in [3.8, 4) is 11.6 Å². The van der Waals surface area contributed by atoms with Gasteiger partial charge in [-0.3, -0.25) is 0 Å². The molecule has 0 bridgehead atoms. The molecule has 0 amide bonds. The highest BCUT2D eigenvalue weighted by Crippen LogP contribution is 2.32. The topological polar surface area (TPSA) is 46.6 Å². The number of pyridine rings is 1. The van der Waals surface area contributed by atoms with Gasteiger partial charge in [-0.2, -0.15) is 0 Å². The summed E-state index contributed by atoms with van der Waals surface area (Å²) in [5, 5.41) is 3.40. The number of hydrogen-bond donors (Lipinski definition) is 1. The Morgan fingerprint density at radius 2 is 1.95 bits per heavy atom. The van der Waals surface area contributed by atoms with Gasteiger partial charge in [-0.15, -0.1) is 0 Å². The van der Waals surface area contributed by atoms with Gasteiger partial charge >= 0.3 is 0 Å². The molecule has 0 aliphatic carbocycles. The van der Waals surface area contributed by atoms with Gasteiger partial charge in [0.15, 0.2) is 0 Å². The molecule has 1 aromatic heterocycles. The lowest BCUT2D eigenvalue weighted by molar-refractivity contribution is 0.400. The highest BCUT2D eigenvalue weighted by Gasteiger charge is 2.11. The molecule has 2 rings (SSSR count). The van der Waals surface area contributed by atoms with Gasteiger partial charge < -0.3 is 19.7 Å². The van der Waals surface area contributed by atoms with Gasteiger partial charge in [0.05, 0.1) is 19.9 Å². The highest BCUT2D eigenvalue weighted by atomic mass is 16.5. The van der Waals surface area contributed by atoms with Crippen LogP contribution in [-0.2, 0) is 6.54 Å². The number of hydrogen-bond acceptors (Lipinski definition) is 5. The van der Waals surface area contributed by atoms with Crippen LogP contribution >= 0.6 is 0 Å². The number of nitrogens with zero attached hydrogens (tertiary/aromatic N) is 2. The molecule has 0 atom stereocenters. The Morgan fingerprint density at radius 1 is 1.14 bits per heavy atom. The van der Waals surface area contributed by atoms with Crippen LogP contribution in [0, 0.1) is 0 Å². The van der Waals surface area contributed by atoms with Gasteiger partial charge in [0, 0.05) is 26.8 Å². The summed E-state index contributed by atoms with van der Waals surface area (Å²) in [4.78, 5) is 6.28. The molecule has 21 heavy (non-hydrogen) atoms. The first-order valence-corrected chi connectivity index (χ1v) is 6.73. The zero-order valence-corrected chi connectivity index (χ0v) is 12.9. The standard InChI is InChI=1S/C16H21N3O2/c1-19(2)14-8-9-17-16(21-4)15(14)18-11-12-6-5-7-13(10-12)20-3/h5-10,18H,11H2,1-4H3. The molecule has 0 spiro atoms. The summed E-state index contributed by atoms with van der Waals surface area (Å²) < 4.78 is 10.6. The molecule has 0 saturated heterocycles. The molecule has 1 N–H and O–H groups in total. The fraction of sp³-hybridized carbons (Fsp3) is 0.312. The summed E-state index contributed by atoms with van der Waals surface area (Å²) in [6.45, 7) is 0.667. The number of aromatic nitrogens is 1. The molecular weight excluding hydrogens is 266 g/mol. The third-order valence-corrected chi connectivity index (χ3v) is 3.17. The van der Waals surface area contributed by atoms with Gasteiger partial charge in [0.1, 0.15) is 11.4 Å². The van der Waals surface area contributed by atoms with Crippen LogP contribution in [0.2, 0.25) is 0 Å². The van der Waals surface area contributed by atoms with E-state index in [2.05, 4.69) is 10.3 Å². The van der Waals surface area contributed by atoms with E-state index in [0.29, 0.717) is 12.4 Å². The van der Waals surface area contributed by atoms with Crippen LogP contribution in [0.15, 0.2) is 36.5 Å². The first-order valence-electron chi connectivity index (χ1n) is 6.73. The van der Waals surface area contributed by atoms with Gasteiger partial charge in [-0.1, -0.05) is 12.1 Å². The molecule has 112 valence electrons. The molecule has 0 saturated carbocycles. The Balaban J connectivity index is 2.22. The second kappa shape index (κ2) is 6.83. The Kier molecular flexibility index (Phi) is 4.87. The number of rotatable bonds is 6. The Hall–Kier alpha value is -2.43. The average Bonchev–Trinajstić information content (AvgIpc) is 2.52. The molecule has 0 aliphatic heterocycles. The number of ether oxygens (including phenoxy) is 2. The van der Waals surface area contributed by atoms with E-state index in [1.54, 1.807) is 20.4 Å². The van der Waals surface area contributed by atoms with E-state index in [-0.39, 0.29) is 0 Å². The Morgan fingerprint density at radius 3 is 2.62 bits per heavy atom. The fourth-order valence-corrected chi connectivity index (χ4v) is 2.10. The monoisotopic (exact) mass is 287 g/mol. The van der Waals surface area contributed by atoms with Crippen molar-refractivity contribution in [2.45, 2.75) is 6.54 Å². The third kappa shape index (κ3) is 3.56. The van der Waals surface area contributed by atoms with E-state index < -0.39 is 0 Å². The third-order valence-electron chi connectivity index (χ3n) is 3.17. The highest BCUT2D eigenvalue weighted by molar-refractivity contribution is 5.74. The molecule has 5 heteroatoms. The van der Waals surface area contributed by atoms with E-state index in [0.717, 1.165) is 22.7 Å². The number of benzene rings is 1. The van der Waals surface area contributed by atoms with E-state index in [1.807, 2.05) is 49.3 Å². The first kappa shape index (κ1) is 15.0. The van der Waals surface area contributed by atoms with Gasteiger partial charge in [-0.05, 0) is 23.8 Å². The quantitative estimate of drug-likeness (QED) is 0.885. The lowest BCUT2D eigenvalue weighted by Gasteiger charge is -2.20. The van der Waals surface area contributed by atoms with Crippen molar-refractivity contribution >= 4 is 11.4 Å². The molecule has 5 nitrogen and oxygen atoms in total. The molecule has 0 aliphatic rings. The number of nitrogens with one attached hydrogen (secondary N) is 1. The van der Waals surface area contributed by atoms with Gasteiger partial charge in [0.2, 0.25) is 5.88 Å². The van der Waals surface area contributed by atoms with Crippen molar-refractivity contribution in [2.75, 3.05) is 38.5 Å². The summed E-state index contributed by atoms with van der Waals surface area (Å²) >= 11 is 0. The van der Waals surface area contributed by atoms with Crippen molar-refractivity contribution < 1.29 is 9.47 Å². The molecule has 2 aromatic rings. The summed E-state index contributed by atoms with van der Waals surface area (Å²) in [7, 11) is 7.27. The second-order valence-corrected chi connectivity index (χ2v) is 4.81. The minimum absolute atomic E-state index is 0.587. The number of anilines is 2. The zero-order valence-electron chi connectivity index (χ0n) is 12.9. The second-order valence-electron chi connectivity index (χ2n) is 4.81. The van der Waals surface area contributed by atoms with Gasteiger partial charge in [-0.25, -0.2) is 4.98 Å². The molecule has 0 radical (unpaired) electrons. The largest absolute Gasteiger partial charge is 0.497 e. The summed E-state index contributed by atoms with van der Waals surface area (Å²) in [5.74, 6) is 1.43. The lowest BCUT2D eigenvalue weighted by atomic mass is 10.2. The van der Waals surface area contributed by atoms with Crippen molar-refractivity contribution in [1.29, 1.82) is 0 Å². The van der Waals surface area contributed by atoms with Crippen LogP contribution in [0.1, 0.15) is 5.56 Å². The smallest absolute Gasteiger partial charge is 0.239 e. The van der Waals surface area contributed by atoms with E-state index in [4.69, 9.17) is 9.47 Å². The molecular formula is C16H21N3O2. The van der Waals surface area contributed by atoms with Crippen LogP contribution < -0.4 is 19.7 Å². The predicted molar refractivity (Wildman–Crippen MR) is 85.4 cm³/mol. The summed E-state index contributed by atoms with van der Waals surface area (Å²) in [6.07, 6.45) is 1.74. The van der Waals surface area contributed by atoms with Crippen LogP contribution in [0.5, 0.6) is 11.6 Å². The van der Waals surface area contributed by atoms with Crippen molar-refractivity contribution in [3.63, 3.8) is 0 Å². The zero-order chi connectivity index (χ0) is 15.2. The summed E-state index contributed by atoms with van der Waals surface area (Å²) in [6, 6.07) is 9.91. The van der Waals surface area contributed by atoms with Crippen molar-refractivity contribution in [3.05, 3.63) is 42.1 Å². The number of methoxy groups -OCH3 is 2. The molecule has 1 aromatic carbocycles. The fourth-order valence-electron chi connectivity index (χ4n) is 2.10. The first-order chi connectivity index (χ1) is 10.2. The van der Waals surface area contributed by atoms with Crippen molar-refractivity contribution in [2.24, 2.45) is 0 Å². The molecule has 1 heterocycles. The van der Waals surface area contributed by atoms with Crippen molar-refractivity contribution in [1.82, 2.24) is 4.98 Å². The Labute approximate surface area is 125 Å². The van der Waals surface area contributed by atoms with E-state index in [1.165, 1.54) is 0 Å².